The summed E-state index contributed by atoms with van der Waals surface area (Å²) in [6, 6.07) is 0. The topological polar surface area (TPSA) is 112 Å². The van der Waals surface area contributed by atoms with E-state index in [1.165, 1.54) is 17.9 Å². The zero-order valence-electron chi connectivity index (χ0n) is 16.9. The molecule has 1 saturated heterocycles. The van der Waals surface area contributed by atoms with Crippen LogP contribution in [0.15, 0.2) is 15.9 Å². The van der Waals surface area contributed by atoms with Crippen molar-refractivity contribution in [3.8, 4) is 0 Å². The Labute approximate surface area is 162 Å². The fourth-order valence-corrected chi connectivity index (χ4v) is 3.42. The number of hydrogen-bond donors (Lipinski definition) is 1. The highest BCUT2D eigenvalue weighted by atomic mass is 16.6. The highest BCUT2D eigenvalue weighted by Gasteiger charge is 2.36. The second-order valence-corrected chi connectivity index (χ2v) is 8.44. The summed E-state index contributed by atoms with van der Waals surface area (Å²) in [7, 11) is 2.96. The van der Waals surface area contributed by atoms with E-state index in [-0.39, 0.29) is 17.7 Å². The first-order chi connectivity index (χ1) is 12.9. The Bertz CT molecular complexity index is 1020. The number of aromatic nitrogens is 4. The van der Waals surface area contributed by atoms with Gasteiger partial charge in [0.1, 0.15) is 5.60 Å². The summed E-state index contributed by atoms with van der Waals surface area (Å²) in [6.45, 7) is 6.29. The third kappa shape index (κ3) is 3.68. The van der Waals surface area contributed by atoms with Gasteiger partial charge in [0.15, 0.2) is 11.2 Å². The molecule has 1 fully saturated rings. The number of hydrogen-bond acceptors (Lipinski definition) is 6. The quantitative estimate of drug-likeness (QED) is 0.780. The third-order valence-electron chi connectivity index (χ3n) is 5.03. The normalized spacial score (nSPS) is 17.1. The number of likely N-dealkylation sites (tertiary alicyclic amines) is 1. The molecule has 10 heteroatoms. The molecule has 0 spiro atoms. The lowest BCUT2D eigenvalue weighted by molar-refractivity contribution is -0.0408. The molecular weight excluding hydrogens is 366 g/mol. The van der Waals surface area contributed by atoms with Crippen molar-refractivity contribution in [1.29, 1.82) is 0 Å². The number of nitrogens with zero attached hydrogens (tertiary/aromatic N) is 5. The molecule has 0 atom stereocenters. The molecule has 1 N–H and O–H groups in total. The van der Waals surface area contributed by atoms with Gasteiger partial charge in [0.05, 0.1) is 18.5 Å². The first-order valence-electron chi connectivity index (χ1n) is 9.23. The Balaban J connectivity index is 1.79. The van der Waals surface area contributed by atoms with E-state index >= 15 is 0 Å². The summed E-state index contributed by atoms with van der Waals surface area (Å²) < 4.78 is 9.29. The predicted octanol–water partition coefficient (Wildman–Crippen LogP) is 0.196. The van der Waals surface area contributed by atoms with E-state index in [2.05, 4.69) is 4.98 Å². The molecule has 10 nitrogen and oxygen atoms in total. The zero-order valence-corrected chi connectivity index (χ0v) is 16.9. The van der Waals surface area contributed by atoms with Crippen LogP contribution < -0.4 is 11.2 Å². The van der Waals surface area contributed by atoms with Gasteiger partial charge in [-0.2, -0.15) is 0 Å². The Morgan fingerprint density at radius 3 is 2.39 bits per heavy atom. The van der Waals surface area contributed by atoms with Gasteiger partial charge in [-0.3, -0.25) is 13.9 Å². The van der Waals surface area contributed by atoms with E-state index in [4.69, 9.17) is 4.74 Å². The molecule has 2 aromatic rings. The monoisotopic (exact) mass is 393 g/mol. The van der Waals surface area contributed by atoms with Crippen LogP contribution in [0.5, 0.6) is 0 Å². The Kier molecular flexibility index (Phi) is 4.86. The van der Waals surface area contributed by atoms with Gasteiger partial charge in [0.2, 0.25) is 0 Å². The maximum Gasteiger partial charge on any atom is 0.410 e. The Hall–Kier alpha value is -2.62. The van der Waals surface area contributed by atoms with Crippen LogP contribution in [0.2, 0.25) is 0 Å². The van der Waals surface area contributed by atoms with Crippen LogP contribution in [0.1, 0.15) is 33.6 Å². The fourth-order valence-electron chi connectivity index (χ4n) is 3.42. The molecule has 0 radical (unpaired) electrons. The van der Waals surface area contributed by atoms with Crippen LogP contribution in [0, 0.1) is 0 Å². The van der Waals surface area contributed by atoms with Gasteiger partial charge >= 0.3 is 11.8 Å². The van der Waals surface area contributed by atoms with Crippen LogP contribution in [-0.4, -0.2) is 59.1 Å². The molecule has 3 heterocycles. The Morgan fingerprint density at radius 2 is 1.82 bits per heavy atom. The average molecular weight is 393 g/mol. The van der Waals surface area contributed by atoms with E-state index in [9.17, 15) is 19.5 Å². The fraction of sp³-hybridized carbons (Fsp3) is 0.667. The molecule has 0 aromatic carbocycles. The lowest BCUT2D eigenvalue weighted by Gasteiger charge is -2.38. The van der Waals surface area contributed by atoms with Crippen molar-refractivity contribution in [2.75, 3.05) is 13.1 Å². The molecule has 28 heavy (non-hydrogen) atoms. The number of aliphatic hydroxyl groups is 1. The summed E-state index contributed by atoms with van der Waals surface area (Å²) in [5, 5.41) is 11.0. The van der Waals surface area contributed by atoms with Gasteiger partial charge in [-0.05, 0) is 33.6 Å². The molecule has 0 saturated carbocycles. The number of carbonyl (C=O) groups excluding carboxylic acids is 1. The Morgan fingerprint density at radius 1 is 1.21 bits per heavy atom. The molecule has 154 valence electrons. The highest BCUT2D eigenvalue weighted by Crippen LogP contribution is 2.26. The molecule has 3 rings (SSSR count). The van der Waals surface area contributed by atoms with Crippen LogP contribution in [0.25, 0.3) is 11.2 Å². The van der Waals surface area contributed by atoms with Crippen LogP contribution in [0.4, 0.5) is 4.79 Å². The van der Waals surface area contributed by atoms with E-state index in [1.807, 2.05) is 20.8 Å². The molecule has 2 aromatic heterocycles. The van der Waals surface area contributed by atoms with Crippen molar-refractivity contribution in [3.63, 3.8) is 0 Å². The summed E-state index contributed by atoms with van der Waals surface area (Å²) in [6.07, 6.45) is 1.76. The van der Waals surface area contributed by atoms with Gasteiger partial charge in [-0.1, -0.05) is 0 Å². The zero-order chi connectivity index (χ0) is 20.9. The van der Waals surface area contributed by atoms with E-state index in [1.54, 1.807) is 16.5 Å². The molecule has 0 unspecified atom stereocenters. The maximum absolute atomic E-state index is 12.5. The molecule has 1 aliphatic heterocycles. The third-order valence-corrected chi connectivity index (χ3v) is 5.03. The van der Waals surface area contributed by atoms with Crippen molar-refractivity contribution < 1.29 is 14.6 Å². The van der Waals surface area contributed by atoms with Crippen LogP contribution in [0.3, 0.4) is 0 Å². The number of imidazole rings is 1. The predicted molar refractivity (Wildman–Crippen MR) is 102 cm³/mol. The summed E-state index contributed by atoms with van der Waals surface area (Å²) in [5.41, 5.74) is -2.02. The van der Waals surface area contributed by atoms with Crippen molar-refractivity contribution in [3.05, 3.63) is 27.2 Å². The van der Waals surface area contributed by atoms with Gasteiger partial charge in [-0.15, -0.1) is 0 Å². The first kappa shape index (κ1) is 20.1. The smallest absolute Gasteiger partial charge is 0.410 e. The number of amides is 1. The largest absolute Gasteiger partial charge is 0.444 e. The number of aryl methyl sites for hydroxylation is 1. The molecule has 1 amide bonds. The molecule has 0 aliphatic carbocycles. The molecule has 1 aliphatic rings. The molecular formula is C18H27N5O5. The average Bonchev–Trinajstić information content (AvgIpc) is 3.00. The summed E-state index contributed by atoms with van der Waals surface area (Å²) in [4.78, 5) is 42.5. The number of carbonyl (C=O) groups is 1. The standard InChI is InChI=1S/C18H27N5O5/c1-17(2,3)28-16(26)22-8-6-18(27,7-9-22)10-23-11-19-13-12(23)14(24)21(5)15(25)20(13)4/h11,27H,6-10H2,1-5H3. The SMILES string of the molecule is Cn1c(=O)c2c(ncn2CC2(O)CCN(C(=O)OC(C)(C)C)CC2)n(C)c1=O. The van der Waals surface area contributed by atoms with E-state index < -0.39 is 28.5 Å². The van der Waals surface area contributed by atoms with Crippen molar-refractivity contribution in [2.24, 2.45) is 14.1 Å². The molecule has 0 bridgehead atoms. The second-order valence-electron chi connectivity index (χ2n) is 8.44. The van der Waals surface area contributed by atoms with E-state index in [0.717, 1.165) is 4.57 Å². The lowest BCUT2D eigenvalue weighted by atomic mass is 9.91. The van der Waals surface area contributed by atoms with Gasteiger partial charge < -0.3 is 19.3 Å². The summed E-state index contributed by atoms with van der Waals surface area (Å²) >= 11 is 0. The van der Waals surface area contributed by atoms with Crippen LogP contribution in [-0.2, 0) is 25.4 Å². The van der Waals surface area contributed by atoms with Crippen molar-refractivity contribution in [2.45, 2.75) is 51.4 Å². The minimum absolute atomic E-state index is 0.152. The number of fused-ring (bicyclic) bond motifs is 1. The van der Waals surface area contributed by atoms with Crippen LogP contribution >= 0.6 is 0 Å². The minimum Gasteiger partial charge on any atom is -0.444 e. The maximum atomic E-state index is 12.5. The van der Waals surface area contributed by atoms with Gasteiger partial charge in [-0.25, -0.2) is 14.6 Å². The first-order valence-corrected chi connectivity index (χ1v) is 9.23. The number of rotatable bonds is 2. The number of piperidine rings is 1. The van der Waals surface area contributed by atoms with Gasteiger partial charge in [0, 0.05) is 27.2 Å². The van der Waals surface area contributed by atoms with Crippen molar-refractivity contribution in [1.82, 2.24) is 23.6 Å². The van der Waals surface area contributed by atoms with E-state index in [0.29, 0.717) is 25.9 Å². The number of ether oxygens (including phenoxy) is 1. The van der Waals surface area contributed by atoms with Crippen molar-refractivity contribution >= 4 is 17.3 Å². The summed E-state index contributed by atoms with van der Waals surface area (Å²) in [5.74, 6) is 0. The lowest BCUT2D eigenvalue weighted by Crippen LogP contribution is -2.50. The minimum atomic E-state index is -1.09. The highest BCUT2D eigenvalue weighted by molar-refractivity contribution is 5.70. The second kappa shape index (κ2) is 6.77. The van der Waals surface area contributed by atoms with Gasteiger partial charge in [0.25, 0.3) is 5.56 Å².